The second-order valence-electron chi connectivity index (χ2n) is 6.25. The predicted molar refractivity (Wildman–Crippen MR) is 97.1 cm³/mol. The number of hydrogen-bond donors (Lipinski definition) is 0. The molecule has 130 valence electrons. The van der Waals surface area contributed by atoms with Crippen LogP contribution in [0.4, 0.5) is 0 Å². The molecule has 0 heterocycles. The molecule has 0 N–H and O–H groups in total. The largest absolute Gasteiger partial charge is 0.497 e. The van der Waals surface area contributed by atoms with Crippen molar-refractivity contribution in [2.75, 3.05) is 20.2 Å². The quantitative estimate of drug-likeness (QED) is 0.564. The topological polar surface area (TPSA) is 29.5 Å². The normalized spacial score (nSPS) is 12.0. The number of nitrogens with zero attached hydrogens (tertiary/aromatic N) is 1. The Bertz CT molecular complexity index is 441. The van der Waals surface area contributed by atoms with E-state index in [0.29, 0.717) is 5.92 Å². The van der Waals surface area contributed by atoms with Crippen LogP contribution in [0.1, 0.15) is 69.7 Å². The van der Waals surface area contributed by atoms with Gasteiger partial charge in [0, 0.05) is 18.7 Å². The summed E-state index contributed by atoms with van der Waals surface area (Å²) < 4.78 is 5.18. The maximum absolute atomic E-state index is 12.9. The van der Waals surface area contributed by atoms with E-state index in [9.17, 15) is 4.79 Å². The lowest BCUT2D eigenvalue weighted by atomic mass is 9.98. The van der Waals surface area contributed by atoms with Crippen LogP contribution in [-0.2, 0) is 0 Å². The third-order valence-electron chi connectivity index (χ3n) is 4.43. The van der Waals surface area contributed by atoms with Gasteiger partial charge in [-0.25, -0.2) is 0 Å². The molecule has 0 saturated heterocycles. The Hall–Kier alpha value is -1.51. The van der Waals surface area contributed by atoms with E-state index in [1.807, 2.05) is 24.3 Å². The number of ether oxygens (including phenoxy) is 1. The molecule has 3 heteroatoms. The van der Waals surface area contributed by atoms with Crippen molar-refractivity contribution in [3.05, 3.63) is 29.8 Å². The van der Waals surface area contributed by atoms with Crippen molar-refractivity contribution in [3.8, 4) is 5.75 Å². The number of rotatable bonds is 11. The van der Waals surface area contributed by atoms with Gasteiger partial charge in [0.15, 0.2) is 0 Å². The molecule has 3 nitrogen and oxygen atoms in total. The van der Waals surface area contributed by atoms with Gasteiger partial charge in [-0.05, 0) is 43.0 Å². The molecule has 1 unspecified atom stereocenters. The zero-order chi connectivity index (χ0) is 17.1. The summed E-state index contributed by atoms with van der Waals surface area (Å²) in [7, 11) is 1.64. The summed E-state index contributed by atoms with van der Waals surface area (Å²) in [4.78, 5) is 14.9. The number of amides is 1. The number of unbranched alkanes of at least 4 members (excludes halogenated alkanes) is 2. The zero-order valence-corrected chi connectivity index (χ0v) is 15.3. The lowest BCUT2D eigenvalue weighted by Gasteiger charge is -2.27. The Labute approximate surface area is 142 Å². The maximum Gasteiger partial charge on any atom is 0.253 e. The molecule has 0 aliphatic rings. The predicted octanol–water partition coefficient (Wildman–Crippen LogP) is 5.15. The molecule has 1 rings (SSSR count). The summed E-state index contributed by atoms with van der Waals surface area (Å²) in [5.41, 5.74) is 0.757. The molecule has 0 fully saturated rings. The number of hydrogen-bond acceptors (Lipinski definition) is 2. The van der Waals surface area contributed by atoms with Crippen LogP contribution >= 0.6 is 0 Å². The summed E-state index contributed by atoms with van der Waals surface area (Å²) in [6, 6.07) is 7.46. The van der Waals surface area contributed by atoms with Gasteiger partial charge in [0.25, 0.3) is 5.91 Å². The minimum Gasteiger partial charge on any atom is -0.497 e. The Morgan fingerprint density at radius 2 is 1.74 bits per heavy atom. The molecule has 1 amide bonds. The average molecular weight is 319 g/mol. The van der Waals surface area contributed by atoms with Gasteiger partial charge in [-0.15, -0.1) is 0 Å². The van der Waals surface area contributed by atoms with Gasteiger partial charge in [-0.1, -0.05) is 46.5 Å². The first-order valence-corrected chi connectivity index (χ1v) is 9.09. The van der Waals surface area contributed by atoms with Crippen LogP contribution in [-0.4, -0.2) is 31.0 Å². The van der Waals surface area contributed by atoms with Crippen molar-refractivity contribution in [3.63, 3.8) is 0 Å². The van der Waals surface area contributed by atoms with Gasteiger partial charge < -0.3 is 9.64 Å². The zero-order valence-electron chi connectivity index (χ0n) is 15.3. The summed E-state index contributed by atoms with van der Waals surface area (Å²) in [6.45, 7) is 8.36. The van der Waals surface area contributed by atoms with Gasteiger partial charge in [0.05, 0.1) is 7.11 Å². The SMILES string of the molecule is CCCCC(CC)CN(CCCC)C(=O)c1ccc(OC)cc1. The first-order valence-electron chi connectivity index (χ1n) is 9.09. The molecule has 1 atom stereocenters. The second kappa shape index (κ2) is 11.1. The first kappa shape index (κ1) is 19.5. The Balaban J connectivity index is 2.79. The Kier molecular flexibility index (Phi) is 9.42. The van der Waals surface area contributed by atoms with Crippen molar-refractivity contribution in [2.45, 2.75) is 59.3 Å². The number of carbonyl (C=O) groups excluding carboxylic acids is 1. The standard InChI is InChI=1S/C20H33NO2/c1-5-8-10-17(7-3)16-21(15-9-6-2)20(22)18-11-13-19(23-4)14-12-18/h11-14,17H,5-10,15-16H2,1-4H3. The highest BCUT2D eigenvalue weighted by molar-refractivity contribution is 5.94. The fourth-order valence-electron chi connectivity index (χ4n) is 2.77. The van der Waals surface area contributed by atoms with Gasteiger partial charge in [-0.2, -0.15) is 0 Å². The fourth-order valence-corrected chi connectivity index (χ4v) is 2.77. The molecule has 0 aliphatic heterocycles. The summed E-state index contributed by atoms with van der Waals surface area (Å²) >= 11 is 0. The number of benzene rings is 1. The van der Waals surface area contributed by atoms with E-state index in [1.54, 1.807) is 7.11 Å². The lowest BCUT2D eigenvalue weighted by Crippen LogP contribution is -2.36. The average Bonchev–Trinajstić information content (AvgIpc) is 2.60. The van der Waals surface area contributed by atoms with E-state index in [2.05, 4.69) is 25.7 Å². The van der Waals surface area contributed by atoms with E-state index in [4.69, 9.17) is 4.74 Å². The number of carbonyl (C=O) groups is 1. The van der Waals surface area contributed by atoms with Crippen LogP contribution in [0.15, 0.2) is 24.3 Å². The van der Waals surface area contributed by atoms with Crippen LogP contribution in [0.2, 0.25) is 0 Å². The van der Waals surface area contributed by atoms with E-state index in [0.717, 1.165) is 43.7 Å². The van der Waals surface area contributed by atoms with Crippen molar-refractivity contribution >= 4 is 5.91 Å². The van der Waals surface area contributed by atoms with E-state index in [1.165, 1.54) is 19.3 Å². The fraction of sp³-hybridized carbons (Fsp3) is 0.650. The third kappa shape index (κ3) is 6.64. The first-order chi connectivity index (χ1) is 11.2. The second-order valence-corrected chi connectivity index (χ2v) is 6.25. The molecule has 23 heavy (non-hydrogen) atoms. The van der Waals surface area contributed by atoms with Crippen LogP contribution in [0.25, 0.3) is 0 Å². The van der Waals surface area contributed by atoms with Gasteiger partial charge in [-0.3, -0.25) is 4.79 Å². The van der Waals surface area contributed by atoms with Gasteiger partial charge in [0.1, 0.15) is 5.75 Å². The smallest absolute Gasteiger partial charge is 0.253 e. The molecule has 0 bridgehead atoms. The van der Waals surface area contributed by atoms with Gasteiger partial charge >= 0.3 is 0 Å². The van der Waals surface area contributed by atoms with E-state index < -0.39 is 0 Å². The summed E-state index contributed by atoms with van der Waals surface area (Å²) in [6.07, 6.45) is 6.99. The molecule has 0 spiro atoms. The molecular weight excluding hydrogens is 286 g/mol. The van der Waals surface area contributed by atoms with Crippen LogP contribution in [0.3, 0.4) is 0 Å². The molecule has 1 aromatic rings. The van der Waals surface area contributed by atoms with Crippen LogP contribution < -0.4 is 4.74 Å². The Morgan fingerprint density at radius 1 is 1.09 bits per heavy atom. The summed E-state index contributed by atoms with van der Waals surface area (Å²) in [5.74, 6) is 1.54. The van der Waals surface area contributed by atoms with E-state index in [-0.39, 0.29) is 5.91 Å². The maximum atomic E-state index is 12.9. The van der Waals surface area contributed by atoms with Gasteiger partial charge in [0.2, 0.25) is 0 Å². The third-order valence-corrected chi connectivity index (χ3v) is 4.43. The molecule has 1 aromatic carbocycles. The minimum atomic E-state index is 0.149. The van der Waals surface area contributed by atoms with Crippen LogP contribution in [0, 0.1) is 5.92 Å². The lowest BCUT2D eigenvalue weighted by molar-refractivity contribution is 0.0720. The Morgan fingerprint density at radius 3 is 2.26 bits per heavy atom. The molecule has 0 aliphatic carbocycles. The molecule has 0 radical (unpaired) electrons. The minimum absolute atomic E-state index is 0.149. The highest BCUT2D eigenvalue weighted by atomic mass is 16.5. The van der Waals surface area contributed by atoms with Crippen molar-refractivity contribution in [2.24, 2.45) is 5.92 Å². The van der Waals surface area contributed by atoms with Crippen molar-refractivity contribution in [1.29, 1.82) is 0 Å². The molecule has 0 saturated carbocycles. The van der Waals surface area contributed by atoms with Crippen molar-refractivity contribution in [1.82, 2.24) is 4.90 Å². The molecular formula is C20H33NO2. The van der Waals surface area contributed by atoms with E-state index >= 15 is 0 Å². The molecule has 0 aromatic heterocycles. The van der Waals surface area contributed by atoms with Crippen molar-refractivity contribution < 1.29 is 9.53 Å². The monoisotopic (exact) mass is 319 g/mol. The highest BCUT2D eigenvalue weighted by Gasteiger charge is 2.19. The van der Waals surface area contributed by atoms with Crippen LogP contribution in [0.5, 0.6) is 5.75 Å². The number of methoxy groups -OCH3 is 1. The summed E-state index contributed by atoms with van der Waals surface area (Å²) in [5, 5.41) is 0. The highest BCUT2D eigenvalue weighted by Crippen LogP contribution is 2.18.